The Kier molecular flexibility index (Phi) is 17.5. The number of aliphatic carboxylic acids is 1. The van der Waals surface area contributed by atoms with Crippen LogP contribution in [0.4, 0.5) is 0 Å². The number of unbranched alkanes of at least 4 members (excludes halogenated alkanes) is 14. The summed E-state index contributed by atoms with van der Waals surface area (Å²) >= 11 is 0. The Labute approximate surface area is 182 Å². The molecule has 0 aliphatic rings. The van der Waals surface area contributed by atoms with Crippen LogP contribution in [-0.4, -0.2) is 35.3 Å². The van der Waals surface area contributed by atoms with Crippen LogP contribution in [0.1, 0.15) is 110 Å². The summed E-state index contributed by atoms with van der Waals surface area (Å²) in [4.78, 5) is 22.2. The molecule has 0 bridgehead atoms. The van der Waals surface area contributed by atoms with Gasteiger partial charge in [0, 0.05) is 0 Å². The van der Waals surface area contributed by atoms with Crippen molar-refractivity contribution in [1.82, 2.24) is 0 Å². The zero-order valence-electron chi connectivity index (χ0n) is 18.4. The molecule has 0 aliphatic carbocycles. The van der Waals surface area contributed by atoms with Gasteiger partial charge in [-0.05, 0) is 18.9 Å². The Balaban J connectivity index is 3.53. The predicted octanol–water partition coefficient (Wildman–Crippen LogP) is 5.65. The van der Waals surface area contributed by atoms with Gasteiger partial charge in [0.25, 0.3) is 10.1 Å². The van der Waals surface area contributed by atoms with Crippen molar-refractivity contribution < 1.29 is 32.4 Å². The fourth-order valence-corrected chi connectivity index (χ4v) is 3.77. The molecular formula is C22H40O7S. The maximum absolute atomic E-state index is 11.5. The molecule has 0 aromatic heterocycles. The molecule has 0 spiro atoms. The lowest BCUT2D eigenvalue weighted by atomic mass is 10.0. The summed E-state index contributed by atoms with van der Waals surface area (Å²) in [6, 6.07) is 0. The van der Waals surface area contributed by atoms with Gasteiger partial charge in [-0.25, -0.2) is 0 Å². The Morgan fingerprint density at radius 1 is 0.833 bits per heavy atom. The van der Waals surface area contributed by atoms with E-state index >= 15 is 0 Å². The minimum Gasteiger partial charge on any atom is -0.480 e. The molecule has 1 unspecified atom stereocenters. The summed E-state index contributed by atoms with van der Waals surface area (Å²) in [5.74, 6) is -2.81. The number of hydrogen-bond donors (Lipinski definition) is 2. The molecule has 0 fully saturated rings. The van der Waals surface area contributed by atoms with Gasteiger partial charge < -0.3 is 9.84 Å². The van der Waals surface area contributed by atoms with Gasteiger partial charge in [0.1, 0.15) is 0 Å². The summed E-state index contributed by atoms with van der Waals surface area (Å²) < 4.78 is 35.2. The van der Waals surface area contributed by atoms with E-state index < -0.39 is 33.7 Å². The Hall–Kier alpha value is -1.41. The molecule has 0 rings (SSSR count). The lowest BCUT2D eigenvalue weighted by Gasteiger charge is -2.06. The van der Waals surface area contributed by atoms with Crippen LogP contribution in [0.15, 0.2) is 12.3 Å². The lowest BCUT2D eigenvalue weighted by Crippen LogP contribution is -2.32. The molecule has 0 radical (unpaired) electrons. The van der Waals surface area contributed by atoms with E-state index in [1.807, 2.05) is 0 Å². The molecule has 0 aromatic carbocycles. The number of hydrogen-bond acceptors (Lipinski definition) is 5. The third kappa shape index (κ3) is 17.4. The van der Waals surface area contributed by atoms with Gasteiger partial charge in [-0.15, -0.1) is 0 Å². The van der Waals surface area contributed by atoms with E-state index in [0.717, 1.165) is 25.5 Å². The molecule has 0 aromatic rings. The second-order valence-corrected chi connectivity index (χ2v) is 9.39. The van der Waals surface area contributed by atoms with Crippen LogP contribution in [-0.2, 0) is 24.4 Å². The number of carbonyl (C=O) groups is 2. The van der Waals surface area contributed by atoms with E-state index in [0.29, 0.717) is 0 Å². The maximum atomic E-state index is 11.5. The van der Waals surface area contributed by atoms with Crippen molar-refractivity contribution in [1.29, 1.82) is 0 Å². The minimum atomic E-state index is -4.85. The molecule has 0 aliphatic heterocycles. The quantitative estimate of drug-likeness (QED) is 0.107. The smallest absolute Gasteiger partial charge is 0.325 e. The number of carboxylic acids is 1. The van der Waals surface area contributed by atoms with Crippen molar-refractivity contribution in [2.24, 2.45) is 0 Å². The van der Waals surface area contributed by atoms with Gasteiger partial charge in [-0.3, -0.25) is 14.1 Å². The summed E-state index contributed by atoms with van der Waals surface area (Å²) in [7, 11) is -4.85. The Bertz CT molecular complexity index is 584. The first-order valence-electron chi connectivity index (χ1n) is 11.3. The van der Waals surface area contributed by atoms with E-state index in [-0.39, 0.29) is 0 Å². The highest BCUT2D eigenvalue weighted by Crippen LogP contribution is 2.13. The van der Waals surface area contributed by atoms with Crippen LogP contribution in [0, 0.1) is 0 Å². The van der Waals surface area contributed by atoms with Gasteiger partial charge in [0.2, 0.25) is 0 Å². The fourth-order valence-electron chi connectivity index (χ4n) is 3.17. The molecule has 0 saturated heterocycles. The van der Waals surface area contributed by atoms with Crippen LogP contribution in [0.2, 0.25) is 0 Å². The average molecular weight is 449 g/mol. The number of rotatable bonds is 20. The SMILES string of the molecule is CCCCCCCCCCCCCCCC/C=C/OC(=O)CC(C(=O)O)S(=O)(=O)O. The second kappa shape index (κ2) is 18.4. The Morgan fingerprint density at radius 2 is 1.27 bits per heavy atom. The van der Waals surface area contributed by atoms with Crippen LogP contribution in [0.25, 0.3) is 0 Å². The molecule has 1 atom stereocenters. The van der Waals surface area contributed by atoms with Crippen molar-refractivity contribution in [3.63, 3.8) is 0 Å². The molecule has 0 heterocycles. The van der Waals surface area contributed by atoms with Gasteiger partial charge in [-0.2, -0.15) is 8.42 Å². The highest BCUT2D eigenvalue weighted by atomic mass is 32.2. The van der Waals surface area contributed by atoms with Crippen molar-refractivity contribution in [3.8, 4) is 0 Å². The normalized spacial score (nSPS) is 12.9. The molecule has 0 amide bonds. The molecule has 176 valence electrons. The molecule has 2 N–H and O–H groups in total. The molecule has 0 saturated carbocycles. The summed E-state index contributed by atoms with van der Waals surface area (Å²) in [5.41, 5.74) is 0. The average Bonchev–Trinajstić information content (AvgIpc) is 2.67. The van der Waals surface area contributed by atoms with Gasteiger partial charge in [-0.1, -0.05) is 90.4 Å². The zero-order chi connectivity index (χ0) is 22.7. The molecule has 30 heavy (non-hydrogen) atoms. The van der Waals surface area contributed by atoms with Crippen LogP contribution < -0.4 is 0 Å². The first-order valence-corrected chi connectivity index (χ1v) is 12.8. The van der Waals surface area contributed by atoms with Gasteiger partial charge >= 0.3 is 11.9 Å². The standard InChI is InChI=1S/C22H40O7S/c1-2-3-4-5-6-7-8-9-10-11-12-13-14-15-16-17-18-29-21(23)19-20(22(24)25)30(26,27)28/h17-18,20H,2-16,19H2,1H3,(H,24,25)(H,26,27,28)/b18-17+. The van der Waals surface area contributed by atoms with Crippen molar-refractivity contribution in [3.05, 3.63) is 12.3 Å². The van der Waals surface area contributed by atoms with Gasteiger partial charge in [0.15, 0.2) is 5.25 Å². The zero-order valence-corrected chi connectivity index (χ0v) is 19.2. The predicted molar refractivity (Wildman–Crippen MR) is 118 cm³/mol. The van der Waals surface area contributed by atoms with E-state index in [1.165, 1.54) is 77.0 Å². The molecular weight excluding hydrogens is 408 g/mol. The van der Waals surface area contributed by atoms with Crippen LogP contribution in [0.3, 0.4) is 0 Å². The first kappa shape index (κ1) is 28.6. The number of carboxylic acid groups (broad SMARTS) is 1. The van der Waals surface area contributed by atoms with Crippen molar-refractivity contribution in [2.75, 3.05) is 0 Å². The largest absolute Gasteiger partial charge is 0.480 e. The molecule has 7 nitrogen and oxygen atoms in total. The van der Waals surface area contributed by atoms with Crippen molar-refractivity contribution in [2.45, 2.75) is 115 Å². The van der Waals surface area contributed by atoms with Crippen LogP contribution in [0.5, 0.6) is 0 Å². The highest BCUT2D eigenvalue weighted by molar-refractivity contribution is 7.87. The number of esters is 1. The van der Waals surface area contributed by atoms with E-state index in [1.54, 1.807) is 6.08 Å². The maximum Gasteiger partial charge on any atom is 0.325 e. The third-order valence-electron chi connectivity index (χ3n) is 5.01. The number of allylic oxidation sites excluding steroid dienone is 1. The molecule has 8 heteroatoms. The van der Waals surface area contributed by atoms with E-state index in [2.05, 4.69) is 11.7 Å². The van der Waals surface area contributed by atoms with E-state index in [9.17, 15) is 18.0 Å². The minimum absolute atomic E-state index is 0.728. The van der Waals surface area contributed by atoms with Crippen molar-refractivity contribution >= 4 is 22.1 Å². The van der Waals surface area contributed by atoms with Crippen LogP contribution >= 0.6 is 0 Å². The topological polar surface area (TPSA) is 118 Å². The second-order valence-electron chi connectivity index (χ2n) is 7.79. The fraction of sp³-hybridized carbons (Fsp3) is 0.818. The Morgan fingerprint density at radius 3 is 1.67 bits per heavy atom. The number of carbonyl (C=O) groups excluding carboxylic acids is 1. The number of ether oxygens (including phenoxy) is 1. The lowest BCUT2D eigenvalue weighted by molar-refractivity contribution is -0.143. The first-order chi connectivity index (χ1) is 14.3. The monoisotopic (exact) mass is 448 g/mol. The third-order valence-corrected chi connectivity index (χ3v) is 6.09. The van der Waals surface area contributed by atoms with Gasteiger partial charge in [0.05, 0.1) is 12.7 Å². The van der Waals surface area contributed by atoms with E-state index in [4.69, 9.17) is 9.66 Å². The summed E-state index contributed by atoms with van der Waals surface area (Å²) in [6.45, 7) is 2.24. The summed E-state index contributed by atoms with van der Waals surface area (Å²) in [6.07, 6.45) is 20.5. The summed E-state index contributed by atoms with van der Waals surface area (Å²) in [5, 5.41) is 6.51. The highest BCUT2D eigenvalue weighted by Gasteiger charge is 2.33.